The van der Waals surface area contributed by atoms with Crippen LogP contribution < -0.4 is 22.2 Å². The van der Waals surface area contributed by atoms with Crippen molar-refractivity contribution in [2.24, 2.45) is 23.2 Å². The molecule has 0 spiro atoms. The summed E-state index contributed by atoms with van der Waals surface area (Å²) < 4.78 is 5.77. The van der Waals surface area contributed by atoms with E-state index in [9.17, 15) is 4.79 Å². The molecule has 0 bridgehead atoms. The first kappa shape index (κ1) is 23.1. The molecule has 184 valence electrons. The number of hydrogen-bond acceptors (Lipinski definition) is 8. The van der Waals surface area contributed by atoms with Crippen molar-refractivity contribution in [3.05, 3.63) is 36.2 Å². The van der Waals surface area contributed by atoms with Crippen molar-refractivity contribution >= 4 is 22.5 Å². The van der Waals surface area contributed by atoms with Crippen molar-refractivity contribution in [3.63, 3.8) is 0 Å². The SMILES string of the molecule is CC[C@@H]1CO[C@H](C(N)=O)CN1C1CCCCC1C1=CCN(c2ccc3cn[nH]c3c2)C(N)N1N. The van der Waals surface area contributed by atoms with E-state index in [4.69, 9.17) is 22.0 Å². The Morgan fingerprint density at radius 1 is 1.29 bits per heavy atom. The van der Waals surface area contributed by atoms with Crippen molar-refractivity contribution in [3.8, 4) is 0 Å². The fourth-order valence-corrected chi connectivity index (χ4v) is 5.91. The number of aromatic amines is 1. The minimum absolute atomic E-state index is 0.253. The number of nitrogens with two attached hydrogens (primary N) is 3. The van der Waals surface area contributed by atoms with E-state index in [0.29, 0.717) is 19.7 Å². The molecule has 2 aliphatic heterocycles. The number of morpholine rings is 1. The molecule has 3 aliphatic rings. The van der Waals surface area contributed by atoms with E-state index in [-0.39, 0.29) is 18.0 Å². The van der Waals surface area contributed by atoms with Crippen molar-refractivity contribution < 1.29 is 9.53 Å². The van der Waals surface area contributed by atoms with E-state index in [1.165, 1.54) is 0 Å². The zero-order valence-electron chi connectivity index (χ0n) is 19.8. The summed E-state index contributed by atoms with van der Waals surface area (Å²) in [5.74, 6) is 6.53. The molecule has 1 saturated carbocycles. The zero-order valence-corrected chi connectivity index (χ0v) is 19.8. The Kier molecular flexibility index (Phi) is 6.48. The summed E-state index contributed by atoms with van der Waals surface area (Å²) in [4.78, 5) is 16.4. The number of nitrogens with one attached hydrogen (secondary N) is 1. The predicted octanol–water partition coefficient (Wildman–Crippen LogP) is 1.21. The minimum atomic E-state index is -0.560. The first-order valence-corrected chi connectivity index (χ1v) is 12.3. The van der Waals surface area contributed by atoms with E-state index in [0.717, 1.165) is 54.4 Å². The molecule has 1 aliphatic carbocycles. The highest BCUT2D eigenvalue weighted by molar-refractivity contribution is 5.82. The third-order valence-corrected chi connectivity index (χ3v) is 7.82. The molecule has 1 amide bonds. The summed E-state index contributed by atoms with van der Waals surface area (Å²) >= 11 is 0. The molecular weight excluding hydrogens is 432 g/mol. The lowest BCUT2D eigenvalue weighted by Gasteiger charge is -2.50. The molecule has 10 heteroatoms. The summed E-state index contributed by atoms with van der Waals surface area (Å²) in [6, 6.07) is 6.69. The molecule has 3 heterocycles. The number of hydrogen-bond donors (Lipinski definition) is 4. The van der Waals surface area contributed by atoms with Crippen molar-refractivity contribution in [1.82, 2.24) is 20.1 Å². The Labute approximate surface area is 200 Å². The lowest BCUT2D eigenvalue weighted by Crippen LogP contribution is -2.63. The first-order chi connectivity index (χ1) is 16.5. The van der Waals surface area contributed by atoms with E-state index in [1.807, 2.05) is 12.3 Å². The molecule has 7 N–H and O–H groups in total. The Balaban J connectivity index is 1.40. The maximum atomic E-state index is 11.9. The molecule has 2 fully saturated rings. The number of anilines is 1. The molecule has 0 radical (unpaired) electrons. The van der Waals surface area contributed by atoms with Crippen LogP contribution >= 0.6 is 0 Å². The number of ether oxygens (including phenoxy) is 1. The van der Waals surface area contributed by atoms with Gasteiger partial charge in [-0.25, -0.2) is 5.84 Å². The summed E-state index contributed by atoms with van der Waals surface area (Å²) in [6.07, 6.45) is 8.38. The molecule has 5 rings (SSSR count). The molecule has 10 nitrogen and oxygen atoms in total. The number of carbonyl (C=O) groups excluding carboxylic acids is 1. The van der Waals surface area contributed by atoms with E-state index in [2.05, 4.69) is 45.1 Å². The normalized spacial score (nSPS) is 31.0. The third kappa shape index (κ3) is 4.15. The maximum absolute atomic E-state index is 11.9. The van der Waals surface area contributed by atoms with Gasteiger partial charge in [-0.15, -0.1) is 0 Å². The van der Waals surface area contributed by atoms with Crippen LogP contribution in [-0.2, 0) is 9.53 Å². The van der Waals surface area contributed by atoms with Gasteiger partial charge in [0.05, 0.1) is 18.3 Å². The van der Waals surface area contributed by atoms with Crippen LogP contribution in [0.4, 0.5) is 5.69 Å². The lowest BCUT2D eigenvalue weighted by atomic mass is 9.79. The van der Waals surface area contributed by atoms with Crippen LogP contribution in [0.5, 0.6) is 0 Å². The minimum Gasteiger partial charge on any atom is -0.367 e. The Morgan fingerprint density at radius 3 is 2.91 bits per heavy atom. The van der Waals surface area contributed by atoms with Gasteiger partial charge in [0.2, 0.25) is 5.91 Å². The number of nitrogens with zero attached hydrogens (tertiary/aromatic N) is 4. The first-order valence-electron chi connectivity index (χ1n) is 12.3. The standard InChI is InChI=1S/C24H36N8O2/c1-2-16-14-34-22(23(25)33)13-31(16)20-6-4-3-5-18(20)21-9-10-30(24(26)32(21)27)17-8-7-15-12-28-29-19(15)11-17/h7-9,11-12,16,18,20,22,24H,2-6,10,13-14,26-27H2,1H3,(H2,25,33)(H,28,29)/t16-,18?,20?,22+,24?/m1/s1. The van der Waals surface area contributed by atoms with E-state index in [1.54, 1.807) is 5.01 Å². The summed E-state index contributed by atoms with van der Waals surface area (Å²) in [5, 5.41) is 9.93. The van der Waals surface area contributed by atoms with Crippen LogP contribution in [0.3, 0.4) is 0 Å². The second kappa shape index (κ2) is 9.53. The fraction of sp³-hybridized carbons (Fsp3) is 0.583. The van der Waals surface area contributed by atoms with Gasteiger partial charge in [0.1, 0.15) is 6.10 Å². The Hall–Kier alpha value is -2.66. The maximum Gasteiger partial charge on any atom is 0.247 e. The average molecular weight is 469 g/mol. The molecule has 3 unspecified atom stereocenters. The quantitative estimate of drug-likeness (QED) is 0.480. The van der Waals surface area contributed by atoms with Gasteiger partial charge in [0.15, 0.2) is 6.29 Å². The van der Waals surface area contributed by atoms with Crippen LogP contribution in [0.25, 0.3) is 10.9 Å². The van der Waals surface area contributed by atoms with Crippen molar-refractivity contribution in [2.75, 3.05) is 24.6 Å². The van der Waals surface area contributed by atoms with Crippen LogP contribution in [0.15, 0.2) is 36.2 Å². The highest BCUT2D eigenvalue weighted by atomic mass is 16.5. The van der Waals surface area contributed by atoms with Gasteiger partial charge in [-0.05, 0) is 43.5 Å². The number of fused-ring (bicyclic) bond motifs is 1. The van der Waals surface area contributed by atoms with Crippen LogP contribution in [0.2, 0.25) is 0 Å². The highest BCUT2D eigenvalue weighted by Gasteiger charge is 2.42. The van der Waals surface area contributed by atoms with E-state index >= 15 is 0 Å². The van der Waals surface area contributed by atoms with Crippen molar-refractivity contribution in [1.29, 1.82) is 0 Å². The molecular formula is C24H36N8O2. The van der Waals surface area contributed by atoms with Crippen LogP contribution in [0.1, 0.15) is 39.0 Å². The van der Waals surface area contributed by atoms with Crippen molar-refractivity contribution in [2.45, 2.75) is 63.5 Å². The number of primary amides is 1. The number of hydrazine groups is 1. The lowest BCUT2D eigenvalue weighted by molar-refractivity contribution is -0.143. The largest absolute Gasteiger partial charge is 0.367 e. The van der Waals surface area contributed by atoms with Crippen LogP contribution in [-0.4, -0.2) is 70.2 Å². The second-order valence-corrected chi connectivity index (χ2v) is 9.69. The molecule has 34 heavy (non-hydrogen) atoms. The van der Waals surface area contributed by atoms with Gasteiger partial charge in [-0.2, -0.15) is 5.10 Å². The van der Waals surface area contributed by atoms with Gasteiger partial charge in [-0.1, -0.05) is 19.8 Å². The van der Waals surface area contributed by atoms with Gasteiger partial charge in [-0.3, -0.25) is 25.5 Å². The number of benzene rings is 1. The Morgan fingerprint density at radius 2 is 2.12 bits per heavy atom. The smallest absolute Gasteiger partial charge is 0.247 e. The highest BCUT2D eigenvalue weighted by Crippen LogP contribution is 2.38. The van der Waals surface area contributed by atoms with Crippen LogP contribution in [0, 0.1) is 5.92 Å². The molecule has 1 saturated heterocycles. The monoisotopic (exact) mass is 468 g/mol. The zero-order chi connectivity index (χ0) is 23.8. The average Bonchev–Trinajstić information content (AvgIpc) is 3.33. The van der Waals surface area contributed by atoms with Gasteiger partial charge in [0.25, 0.3) is 0 Å². The number of rotatable bonds is 5. The number of amides is 1. The summed E-state index contributed by atoms with van der Waals surface area (Å²) in [5.41, 5.74) is 15.3. The topological polar surface area (TPSA) is 143 Å². The molecule has 5 atom stereocenters. The Bertz CT molecular complexity index is 1050. The van der Waals surface area contributed by atoms with E-state index < -0.39 is 18.3 Å². The summed E-state index contributed by atoms with van der Waals surface area (Å²) in [7, 11) is 0. The molecule has 1 aromatic heterocycles. The second-order valence-electron chi connectivity index (χ2n) is 9.69. The van der Waals surface area contributed by atoms with Gasteiger partial charge < -0.3 is 15.4 Å². The summed E-state index contributed by atoms with van der Waals surface area (Å²) in [6.45, 7) is 3.91. The molecule has 1 aromatic carbocycles. The molecule has 2 aromatic rings. The fourth-order valence-electron chi connectivity index (χ4n) is 5.91. The number of aromatic nitrogens is 2. The predicted molar refractivity (Wildman–Crippen MR) is 131 cm³/mol. The third-order valence-electron chi connectivity index (χ3n) is 7.82. The number of H-pyrrole nitrogens is 1. The van der Waals surface area contributed by atoms with Gasteiger partial charge in [0, 0.05) is 47.9 Å². The number of carbonyl (C=O) groups is 1. The van der Waals surface area contributed by atoms with Gasteiger partial charge >= 0.3 is 0 Å².